The van der Waals surface area contributed by atoms with Crippen LogP contribution in [0.5, 0.6) is 11.5 Å². The number of nitrogens with zero attached hydrogens (tertiary/aromatic N) is 1. The van der Waals surface area contributed by atoms with Gasteiger partial charge in [-0.1, -0.05) is 21.9 Å². The molecule has 8 heteroatoms. The fourth-order valence-electron chi connectivity index (χ4n) is 2.13. The molecule has 0 radical (unpaired) electrons. The fraction of sp³-hybridized carbons (Fsp3) is 0.294. The molecule has 132 valence electrons. The zero-order valence-electron chi connectivity index (χ0n) is 13.7. The molecule has 1 aromatic carbocycles. The minimum absolute atomic E-state index is 0.0498. The maximum atomic E-state index is 12.4. The molecule has 1 aliphatic rings. The summed E-state index contributed by atoms with van der Waals surface area (Å²) in [6, 6.07) is 3.49. The molecule has 0 saturated carbocycles. The highest BCUT2D eigenvalue weighted by atomic mass is 79.9. The number of carbonyl (C=O) groups excluding carboxylic acids is 2. The van der Waals surface area contributed by atoms with Crippen LogP contribution in [-0.2, 0) is 9.53 Å². The number of thioether (sulfide) groups is 1. The summed E-state index contributed by atoms with van der Waals surface area (Å²) < 4.78 is 16.5. The van der Waals surface area contributed by atoms with Crippen LogP contribution in [-0.4, -0.2) is 50.0 Å². The lowest BCUT2D eigenvalue weighted by Gasteiger charge is -2.13. The van der Waals surface area contributed by atoms with Crippen LogP contribution >= 0.6 is 27.7 Å². The van der Waals surface area contributed by atoms with Crippen molar-refractivity contribution in [2.24, 2.45) is 0 Å². The van der Waals surface area contributed by atoms with Gasteiger partial charge in [0, 0.05) is 17.1 Å². The molecule has 0 N–H and O–H groups in total. The number of rotatable bonds is 7. The zero-order valence-corrected chi connectivity index (χ0v) is 16.1. The average molecular weight is 426 g/mol. The molecule has 2 rings (SSSR count). The molecule has 1 aromatic rings. The molecule has 1 saturated heterocycles. The smallest absolute Gasteiger partial charge is 0.293 e. The predicted octanol–water partition coefficient (Wildman–Crippen LogP) is 3.15. The van der Waals surface area contributed by atoms with E-state index in [-0.39, 0.29) is 30.9 Å². The van der Waals surface area contributed by atoms with Crippen LogP contribution in [0, 0.1) is 12.3 Å². The monoisotopic (exact) mass is 425 g/mol. The maximum Gasteiger partial charge on any atom is 0.293 e. The van der Waals surface area contributed by atoms with Crippen LogP contribution < -0.4 is 9.47 Å². The number of benzene rings is 1. The molecule has 0 atom stereocenters. The summed E-state index contributed by atoms with van der Waals surface area (Å²) in [4.78, 5) is 25.9. The van der Waals surface area contributed by atoms with Gasteiger partial charge in [0.1, 0.15) is 6.61 Å². The van der Waals surface area contributed by atoms with E-state index in [1.807, 2.05) is 0 Å². The largest absolute Gasteiger partial charge is 0.493 e. The lowest BCUT2D eigenvalue weighted by Crippen LogP contribution is -2.31. The summed E-state index contributed by atoms with van der Waals surface area (Å²) in [5.74, 6) is 2.90. The van der Waals surface area contributed by atoms with E-state index in [0.29, 0.717) is 22.0 Å². The van der Waals surface area contributed by atoms with Crippen molar-refractivity contribution in [2.75, 3.05) is 34.0 Å². The summed E-state index contributed by atoms with van der Waals surface area (Å²) in [5.41, 5.74) is 0.582. The first kappa shape index (κ1) is 19.4. The number of hydrogen-bond acceptors (Lipinski definition) is 6. The Labute approximate surface area is 158 Å². The van der Waals surface area contributed by atoms with Gasteiger partial charge in [-0.05, 0) is 30.0 Å². The predicted molar refractivity (Wildman–Crippen MR) is 99.6 cm³/mol. The van der Waals surface area contributed by atoms with Crippen LogP contribution in [0.15, 0.2) is 21.5 Å². The highest BCUT2D eigenvalue weighted by Crippen LogP contribution is 2.39. The molecule has 6 nitrogen and oxygen atoms in total. The third-order valence-corrected chi connectivity index (χ3v) is 4.61. The molecule has 2 amide bonds. The lowest BCUT2D eigenvalue weighted by molar-refractivity contribution is -0.123. The van der Waals surface area contributed by atoms with Gasteiger partial charge in [-0.2, -0.15) is 0 Å². The minimum atomic E-state index is -0.367. The molecule has 0 aromatic heterocycles. The number of ether oxygens (including phenoxy) is 3. The van der Waals surface area contributed by atoms with Gasteiger partial charge >= 0.3 is 0 Å². The number of halogens is 1. The second-order valence-corrected chi connectivity index (χ2v) is 6.75. The molecule has 0 spiro atoms. The van der Waals surface area contributed by atoms with Gasteiger partial charge in [0.25, 0.3) is 11.1 Å². The van der Waals surface area contributed by atoms with Crippen molar-refractivity contribution in [1.29, 1.82) is 0 Å². The Kier molecular flexibility index (Phi) is 6.93. The zero-order chi connectivity index (χ0) is 18.4. The Morgan fingerprint density at radius 2 is 2.12 bits per heavy atom. The summed E-state index contributed by atoms with van der Waals surface area (Å²) in [6.45, 7) is 0.543. The number of methoxy groups -OCH3 is 2. The molecule has 0 aliphatic carbocycles. The van der Waals surface area contributed by atoms with Crippen molar-refractivity contribution in [2.45, 2.75) is 0 Å². The Morgan fingerprint density at radius 3 is 2.76 bits per heavy atom. The van der Waals surface area contributed by atoms with Gasteiger partial charge in [0.05, 0.1) is 25.2 Å². The Hall–Kier alpha value is -1.95. The van der Waals surface area contributed by atoms with Gasteiger partial charge < -0.3 is 14.2 Å². The minimum Gasteiger partial charge on any atom is -0.493 e. The average Bonchev–Trinajstić information content (AvgIpc) is 2.85. The number of amides is 2. The maximum absolute atomic E-state index is 12.4. The number of hydrogen-bond donors (Lipinski definition) is 0. The van der Waals surface area contributed by atoms with E-state index in [0.717, 1.165) is 21.1 Å². The van der Waals surface area contributed by atoms with E-state index in [1.165, 1.54) is 14.2 Å². The first-order chi connectivity index (χ1) is 12.0. The topological polar surface area (TPSA) is 65.1 Å². The van der Waals surface area contributed by atoms with E-state index in [9.17, 15) is 9.59 Å². The Morgan fingerprint density at radius 1 is 1.36 bits per heavy atom. The van der Waals surface area contributed by atoms with Crippen molar-refractivity contribution >= 4 is 44.9 Å². The molecule has 25 heavy (non-hydrogen) atoms. The second kappa shape index (κ2) is 8.94. The first-order valence-electron chi connectivity index (χ1n) is 7.20. The highest BCUT2D eigenvalue weighted by molar-refractivity contribution is 9.10. The highest BCUT2D eigenvalue weighted by Gasteiger charge is 2.35. The van der Waals surface area contributed by atoms with E-state index >= 15 is 0 Å². The summed E-state index contributed by atoms with van der Waals surface area (Å²) in [6.07, 6.45) is 6.85. The standard InChI is InChI=1S/C17H16BrNO5S/c1-4-6-24-15-11(8-12(18)10-13(15)23-3)9-14-16(20)19(5-7-22-2)17(21)25-14/h1,8-10H,5-7H2,2-3H3/b14-9+. The quantitative estimate of drug-likeness (QED) is 0.493. The Balaban J connectivity index is 2.40. The second-order valence-electron chi connectivity index (χ2n) is 4.85. The van der Waals surface area contributed by atoms with Crippen LogP contribution in [0.2, 0.25) is 0 Å². The number of terminal acetylenes is 1. The molecular formula is C17H16BrNO5S. The Bertz CT molecular complexity index is 756. The first-order valence-corrected chi connectivity index (χ1v) is 8.80. The normalized spacial score (nSPS) is 15.6. The molecule has 1 heterocycles. The third kappa shape index (κ3) is 4.57. The third-order valence-electron chi connectivity index (χ3n) is 3.25. The van der Waals surface area contributed by atoms with Crippen LogP contribution in [0.1, 0.15) is 5.56 Å². The van der Waals surface area contributed by atoms with E-state index in [4.69, 9.17) is 20.6 Å². The summed E-state index contributed by atoms with van der Waals surface area (Å²) in [7, 11) is 3.02. The molecule has 0 bridgehead atoms. The summed E-state index contributed by atoms with van der Waals surface area (Å²) in [5, 5.41) is -0.332. The van der Waals surface area contributed by atoms with Gasteiger partial charge in [0.15, 0.2) is 11.5 Å². The van der Waals surface area contributed by atoms with Crippen molar-refractivity contribution in [3.8, 4) is 23.8 Å². The molecule has 0 unspecified atom stereocenters. The number of carbonyl (C=O) groups is 2. The van der Waals surface area contributed by atoms with Crippen LogP contribution in [0.25, 0.3) is 6.08 Å². The SMILES string of the molecule is C#CCOc1c(/C=C2/SC(=O)N(CCOC)C2=O)cc(Br)cc1OC. The van der Waals surface area contributed by atoms with Crippen LogP contribution in [0.3, 0.4) is 0 Å². The van der Waals surface area contributed by atoms with Crippen molar-refractivity contribution in [3.05, 3.63) is 27.1 Å². The van der Waals surface area contributed by atoms with E-state index in [1.54, 1.807) is 18.2 Å². The van der Waals surface area contributed by atoms with Gasteiger partial charge in [-0.3, -0.25) is 14.5 Å². The molecule has 1 aliphatic heterocycles. The van der Waals surface area contributed by atoms with Gasteiger partial charge in [-0.15, -0.1) is 6.42 Å². The molecular weight excluding hydrogens is 410 g/mol. The molecule has 1 fully saturated rings. The van der Waals surface area contributed by atoms with Gasteiger partial charge in [0.2, 0.25) is 0 Å². The van der Waals surface area contributed by atoms with Crippen molar-refractivity contribution < 1.29 is 23.8 Å². The van der Waals surface area contributed by atoms with E-state index < -0.39 is 0 Å². The number of imide groups is 1. The summed E-state index contributed by atoms with van der Waals surface area (Å²) >= 11 is 4.26. The van der Waals surface area contributed by atoms with Crippen molar-refractivity contribution in [3.63, 3.8) is 0 Å². The van der Waals surface area contributed by atoms with E-state index in [2.05, 4.69) is 21.9 Å². The lowest BCUT2D eigenvalue weighted by atomic mass is 10.1. The van der Waals surface area contributed by atoms with Gasteiger partial charge in [-0.25, -0.2) is 0 Å². The van der Waals surface area contributed by atoms with Crippen molar-refractivity contribution in [1.82, 2.24) is 4.90 Å². The fourth-order valence-corrected chi connectivity index (χ4v) is 3.44. The van der Waals surface area contributed by atoms with Crippen LogP contribution in [0.4, 0.5) is 4.79 Å².